The van der Waals surface area contributed by atoms with Gasteiger partial charge in [-0.25, -0.2) is 4.79 Å². The Labute approximate surface area is 82.3 Å². The number of rotatable bonds is 1. The van der Waals surface area contributed by atoms with Gasteiger partial charge in [-0.2, -0.15) is 0 Å². The van der Waals surface area contributed by atoms with Crippen LogP contribution >= 0.6 is 0 Å². The number of carbonyl (C=O) groups excluding carboxylic acids is 1. The van der Waals surface area contributed by atoms with E-state index in [2.05, 4.69) is 0 Å². The van der Waals surface area contributed by atoms with Crippen LogP contribution in [0.4, 0.5) is 0 Å². The summed E-state index contributed by atoms with van der Waals surface area (Å²) in [5, 5.41) is 9.61. The molecule has 3 nitrogen and oxygen atoms in total. The first-order valence-electron chi connectivity index (χ1n) is 4.63. The van der Waals surface area contributed by atoms with Crippen molar-refractivity contribution in [3.8, 4) is 0 Å². The number of esters is 1. The smallest absolute Gasteiger partial charge is 0.336 e. The fraction of sp³-hybridized carbons (Fsp3) is 0.364. The van der Waals surface area contributed by atoms with Crippen molar-refractivity contribution in [2.45, 2.75) is 25.0 Å². The van der Waals surface area contributed by atoms with E-state index >= 15 is 0 Å². The van der Waals surface area contributed by atoms with E-state index in [1.165, 1.54) is 0 Å². The van der Waals surface area contributed by atoms with E-state index in [-0.39, 0.29) is 12.0 Å². The molecule has 0 saturated carbocycles. The van der Waals surface area contributed by atoms with Gasteiger partial charge in [0.25, 0.3) is 0 Å². The highest BCUT2D eigenvalue weighted by atomic mass is 16.6. The van der Waals surface area contributed by atoms with Crippen LogP contribution in [0.5, 0.6) is 0 Å². The van der Waals surface area contributed by atoms with E-state index < -0.39 is 12.1 Å². The largest absolute Gasteiger partial charge is 0.460 e. The second-order valence-electron chi connectivity index (χ2n) is 3.52. The number of aliphatic hydroxyl groups is 1. The van der Waals surface area contributed by atoms with Crippen molar-refractivity contribution in [1.29, 1.82) is 0 Å². The van der Waals surface area contributed by atoms with Crippen molar-refractivity contribution in [1.82, 2.24) is 0 Å². The molecule has 1 aliphatic heterocycles. The van der Waals surface area contributed by atoms with Crippen LogP contribution in [0, 0.1) is 0 Å². The van der Waals surface area contributed by atoms with Gasteiger partial charge in [0.2, 0.25) is 0 Å². The first-order chi connectivity index (χ1) is 6.70. The van der Waals surface area contributed by atoms with Crippen LogP contribution in [0.3, 0.4) is 0 Å². The molecule has 1 saturated heterocycles. The van der Waals surface area contributed by atoms with Gasteiger partial charge in [0.1, 0.15) is 6.10 Å². The van der Waals surface area contributed by atoms with Crippen LogP contribution in [-0.2, 0) is 9.53 Å². The van der Waals surface area contributed by atoms with Crippen LogP contribution in [0.2, 0.25) is 0 Å². The van der Waals surface area contributed by atoms with E-state index in [9.17, 15) is 9.90 Å². The van der Waals surface area contributed by atoms with E-state index in [0.717, 1.165) is 5.56 Å². The Morgan fingerprint density at radius 3 is 2.43 bits per heavy atom. The summed E-state index contributed by atoms with van der Waals surface area (Å²) in [6.07, 6.45) is -1.27. The molecule has 0 bridgehead atoms. The average molecular weight is 192 g/mol. The Hall–Kier alpha value is -1.35. The predicted octanol–water partition coefficient (Wildman–Crippen LogP) is 1.08. The lowest BCUT2D eigenvalue weighted by Gasteiger charge is -2.14. The van der Waals surface area contributed by atoms with Crippen molar-refractivity contribution in [2.75, 3.05) is 0 Å². The van der Waals surface area contributed by atoms with Crippen LogP contribution in [0.1, 0.15) is 18.4 Å². The monoisotopic (exact) mass is 192 g/mol. The lowest BCUT2D eigenvalue weighted by atomic mass is 9.91. The SMILES string of the molecule is CC1OC(=O)C(O)C1c1ccccc1. The number of carbonyl (C=O) groups is 1. The molecule has 3 atom stereocenters. The summed E-state index contributed by atoms with van der Waals surface area (Å²) in [5.41, 5.74) is 0.943. The summed E-state index contributed by atoms with van der Waals surface area (Å²) >= 11 is 0. The van der Waals surface area contributed by atoms with Gasteiger partial charge in [-0.15, -0.1) is 0 Å². The van der Waals surface area contributed by atoms with Crippen LogP contribution in [-0.4, -0.2) is 23.3 Å². The normalized spacial score (nSPS) is 31.6. The van der Waals surface area contributed by atoms with Gasteiger partial charge in [-0.1, -0.05) is 30.3 Å². The van der Waals surface area contributed by atoms with Gasteiger partial charge in [0, 0.05) is 0 Å². The molecule has 0 aromatic heterocycles. The molecular weight excluding hydrogens is 180 g/mol. The number of aliphatic hydroxyl groups excluding tert-OH is 1. The summed E-state index contributed by atoms with van der Waals surface area (Å²) in [6.45, 7) is 1.80. The van der Waals surface area contributed by atoms with E-state index in [1.54, 1.807) is 6.92 Å². The van der Waals surface area contributed by atoms with E-state index in [0.29, 0.717) is 0 Å². The number of hydrogen-bond donors (Lipinski definition) is 1. The summed E-state index contributed by atoms with van der Waals surface area (Å²) in [5.74, 6) is -0.755. The van der Waals surface area contributed by atoms with Crippen molar-refractivity contribution >= 4 is 5.97 Å². The minimum Gasteiger partial charge on any atom is -0.460 e. The summed E-state index contributed by atoms with van der Waals surface area (Å²) in [7, 11) is 0. The summed E-state index contributed by atoms with van der Waals surface area (Å²) in [6, 6.07) is 9.46. The molecule has 1 aliphatic rings. The van der Waals surface area contributed by atoms with Crippen LogP contribution in [0.15, 0.2) is 30.3 Å². The van der Waals surface area contributed by atoms with Crippen molar-refractivity contribution in [2.24, 2.45) is 0 Å². The first-order valence-corrected chi connectivity index (χ1v) is 4.63. The zero-order chi connectivity index (χ0) is 10.1. The lowest BCUT2D eigenvalue weighted by Crippen LogP contribution is -2.21. The Morgan fingerprint density at radius 1 is 1.29 bits per heavy atom. The maximum atomic E-state index is 11.1. The third-order valence-electron chi connectivity index (χ3n) is 2.57. The third-order valence-corrected chi connectivity index (χ3v) is 2.57. The molecule has 0 amide bonds. The van der Waals surface area contributed by atoms with E-state index in [4.69, 9.17) is 4.74 Å². The third kappa shape index (κ3) is 1.40. The molecule has 1 aromatic carbocycles. The Bertz CT molecular complexity index is 334. The first kappa shape index (κ1) is 9.21. The molecule has 0 spiro atoms. The van der Waals surface area contributed by atoms with E-state index in [1.807, 2.05) is 30.3 Å². The van der Waals surface area contributed by atoms with Crippen molar-refractivity contribution in [3.05, 3.63) is 35.9 Å². The van der Waals surface area contributed by atoms with Crippen molar-refractivity contribution < 1.29 is 14.6 Å². The van der Waals surface area contributed by atoms with Gasteiger partial charge in [-0.05, 0) is 12.5 Å². The fourth-order valence-electron chi connectivity index (χ4n) is 1.86. The maximum absolute atomic E-state index is 11.1. The Morgan fingerprint density at radius 2 is 1.93 bits per heavy atom. The molecule has 1 aromatic rings. The molecular formula is C11H12O3. The highest BCUT2D eigenvalue weighted by Gasteiger charge is 2.41. The highest BCUT2D eigenvalue weighted by molar-refractivity contribution is 5.78. The number of hydrogen-bond acceptors (Lipinski definition) is 3. The molecule has 1 heterocycles. The molecule has 1 fully saturated rings. The predicted molar refractivity (Wildman–Crippen MR) is 50.7 cm³/mol. The number of cyclic esters (lactones) is 1. The minimum atomic E-state index is -1.02. The zero-order valence-corrected chi connectivity index (χ0v) is 7.88. The minimum absolute atomic E-state index is 0.233. The molecule has 74 valence electrons. The molecule has 2 rings (SSSR count). The number of benzene rings is 1. The molecule has 0 radical (unpaired) electrons. The zero-order valence-electron chi connectivity index (χ0n) is 7.88. The topological polar surface area (TPSA) is 46.5 Å². The lowest BCUT2D eigenvalue weighted by molar-refractivity contribution is -0.146. The van der Waals surface area contributed by atoms with Gasteiger partial charge < -0.3 is 9.84 Å². The quantitative estimate of drug-likeness (QED) is 0.677. The van der Waals surface area contributed by atoms with Gasteiger partial charge in [0.05, 0.1) is 5.92 Å². The van der Waals surface area contributed by atoms with Gasteiger partial charge in [-0.3, -0.25) is 0 Å². The highest BCUT2D eigenvalue weighted by Crippen LogP contribution is 2.31. The molecule has 3 unspecified atom stereocenters. The average Bonchev–Trinajstić information content (AvgIpc) is 2.43. The maximum Gasteiger partial charge on any atom is 0.336 e. The molecule has 14 heavy (non-hydrogen) atoms. The standard InChI is InChI=1S/C11H12O3/c1-7-9(10(12)11(13)14-7)8-5-3-2-4-6-8/h2-7,9-10,12H,1H3. The Kier molecular flexibility index (Phi) is 2.25. The summed E-state index contributed by atoms with van der Waals surface area (Å²) < 4.78 is 4.95. The summed E-state index contributed by atoms with van der Waals surface area (Å²) in [4.78, 5) is 11.1. The van der Waals surface area contributed by atoms with Crippen LogP contribution in [0.25, 0.3) is 0 Å². The molecule has 3 heteroatoms. The van der Waals surface area contributed by atoms with Gasteiger partial charge in [0.15, 0.2) is 6.10 Å². The molecule has 1 N–H and O–H groups in total. The fourth-order valence-corrected chi connectivity index (χ4v) is 1.86. The second-order valence-corrected chi connectivity index (χ2v) is 3.52. The van der Waals surface area contributed by atoms with Crippen molar-refractivity contribution in [3.63, 3.8) is 0 Å². The second kappa shape index (κ2) is 3.42. The molecule has 0 aliphatic carbocycles. The Balaban J connectivity index is 2.31. The number of ether oxygens (including phenoxy) is 1. The van der Waals surface area contributed by atoms with Gasteiger partial charge >= 0.3 is 5.97 Å². The van der Waals surface area contributed by atoms with Crippen LogP contribution < -0.4 is 0 Å².